The van der Waals surface area contributed by atoms with E-state index in [1.807, 2.05) is 25.1 Å². The van der Waals surface area contributed by atoms with Gasteiger partial charge in [-0.15, -0.1) is 0 Å². The lowest BCUT2D eigenvalue weighted by molar-refractivity contribution is -0.335. The molecule has 1 fully saturated rings. The lowest BCUT2D eigenvalue weighted by Gasteiger charge is -2.59. The van der Waals surface area contributed by atoms with E-state index in [2.05, 4.69) is 64.1 Å². The molecule has 1 heterocycles. The monoisotopic (exact) mass is 390 g/mol. The van der Waals surface area contributed by atoms with Crippen LogP contribution in [-0.2, 0) is 9.57 Å². The number of carbonyl (C=O) groups excluding carboxylic acids is 1. The molecule has 1 aromatic rings. The van der Waals surface area contributed by atoms with E-state index in [1.165, 1.54) is 0 Å². The molecule has 1 aliphatic rings. The Morgan fingerprint density at radius 3 is 2.39 bits per heavy atom. The Hall–Kier alpha value is -1.59. The summed E-state index contributed by atoms with van der Waals surface area (Å²) >= 11 is 0. The Balaban J connectivity index is 2.31. The van der Waals surface area contributed by atoms with Gasteiger partial charge < -0.3 is 10.1 Å². The quantitative estimate of drug-likeness (QED) is 0.670. The number of amides is 1. The van der Waals surface area contributed by atoms with Gasteiger partial charge in [-0.2, -0.15) is 5.06 Å². The number of carbonyl (C=O) groups is 1. The van der Waals surface area contributed by atoms with Crippen molar-refractivity contribution in [3.8, 4) is 0 Å². The Kier molecular flexibility index (Phi) is 7.52. The van der Waals surface area contributed by atoms with Crippen molar-refractivity contribution in [1.82, 2.24) is 10.4 Å². The molecule has 1 aliphatic heterocycles. The van der Waals surface area contributed by atoms with Crippen LogP contribution in [0.2, 0.25) is 0 Å². The molecule has 5 unspecified atom stereocenters. The molecule has 28 heavy (non-hydrogen) atoms. The van der Waals surface area contributed by atoms with Crippen LogP contribution in [0.3, 0.4) is 0 Å². The van der Waals surface area contributed by atoms with Crippen molar-refractivity contribution in [1.29, 1.82) is 0 Å². The van der Waals surface area contributed by atoms with Crippen molar-refractivity contribution in [2.45, 2.75) is 91.0 Å². The molecule has 5 nitrogen and oxygen atoms in total. The fourth-order valence-corrected chi connectivity index (χ4v) is 4.31. The number of ether oxygens (including phenoxy) is 1. The van der Waals surface area contributed by atoms with Gasteiger partial charge in [0, 0.05) is 30.0 Å². The van der Waals surface area contributed by atoms with Crippen molar-refractivity contribution in [2.75, 3.05) is 6.54 Å². The van der Waals surface area contributed by atoms with Gasteiger partial charge in [0.05, 0.1) is 0 Å². The van der Waals surface area contributed by atoms with Crippen LogP contribution in [0.1, 0.15) is 79.4 Å². The number of alkyl carbamates (subject to hydrolysis) is 1. The van der Waals surface area contributed by atoms with Gasteiger partial charge in [0.15, 0.2) is 0 Å². The molecule has 5 heteroatoms. The summed E-state index contributed by atoms with van der Waals surface area (Å²) in [6.45, 7) is 15.6. The predicted octanol–water partition coefficient (Wildman–Crippen LogP) is 5.47. The molecule has 0 aliphatic carbocycles. The van der Waals surface area contributed by atoms with Crippen LogP contribution in [0.4, 0.5) is 4.79 Å². The zero-order chi connectivity index (χ0) is 20.9. The zero-order valence-corrected chi connectivity index (χ0v) is 18.6. The molecule has 0 bridgehead atoms. The van der Waals surface area contributed by atoms with Gasteiger partial charge in [0.1, 0.15) is 12.2 Å². The number of nitrogens with one attached hydrogen (secondary N) is 1. The first-order chi connectivity index (χ1) is 13.2. The summed E-state index contributed by atoms with van der Waals surface area (Å²) in [6.07, 6.45) is 2.04. The van der Waals surface area contributed by atoms with Gasteiger partial charge >= 0.3 is 6.09 Å². The second-order valence-corrected chi connectivity index (χ2v) is 8.48. The minimum Gasteiger partial charge on any atom is -0.446 e. The maximum absolute atomic E-state index is 12.1. The van der Waals surface area contributed by atoms with Crippen LogP contribution in [0.15, 0.2) is 30.3 Å². The molecule has 2 rings (SSSR count). The van der Waals surface area contributed by atoms with E-state index < -0.39 is 0 Å². The highest BCUT2D eigenvalue weighted by molar-refractivity contribution is 5.67. The number of piperidine rings is 1. The molecule has 1 aromatic carbocycles. The highest BCUT2D eigenvalue weighted by Crippen LogP contribution is 2.48. The molecule has 5 atom stereocenters. The van der Waals surface area contributed by atoms with E-state index in [0.717, 1.165) is 24.8 Å². The zero-order valence-electron chi connectivity index (χ0n) is 18.6. The number of rotatable bonds is 7. The normalized spacial score (nSPS) is 32.0. The largest absolute Gasteiger partial charge is 0.446 e. The fourth-order valence-electron chi connectivity index (χ4n) is 4.31. The summed E-state index contributed by atoms with van der Waals surface area (Å²) in [6, 6.07) is 10.3. The van der Waals surface area contributed by atoms with E-state index >= 15 is 0 Å². The molecule has 0 radical (unpaired) electrons. The molecule has 1 N–H and O–H groups in total. The van der Waals surface area contributed by atoms with Crippen molar-refractivity contribution < 1.29 is 14.4 Å². The Morgan fingerprint density at radius 1 is 1.21 bits per heavy atom. The van der Waals surface area contributed by atoms with Crippen molar-refractivity contribution >= 4 is 6.09 Å². The van der Waals surface area contributed by atoms with Crippen molar-refractivity contribution in [2.24, 2.45) is 5.92 Å². The maximum atomic E-state index is 12.1. The molecule has 0 saturated carbocycles. The average Bonchev–Trinajstić information content (AvgIpc) is 2.70. The summed E-state index contributed by atoms with van der Waals surface area (Å²) in [5, 5.41) is 4.99. The highest BCUT2D eigenvalue weighted by Gasteiger charge is 2.55. The van der Waals surface area contributed by atoms with Gasteiger partial charge in [-0.3, -0.25) is 4.84 Å². The second kappa shape index (κ2) is 9.27. The number of hydroxylamine groups is 2. The summed E-state index contributed by atoms with van der Waals surface area (Å²) in [5.41, 5.74) is 0.688. The third-order valence-corrected chi connectivity index (χ3v) is 6.72. The van der Waals surface area contributed by atoms with Crippen LogP contribution < -0.4 is 5.32 Å². The van der Waals surface area contributed by atoms with Gasteiger partial charge in [-0.1, -0.05) is 51.1 Å². The Bertz CT molecular complexity index is 638. The van der Waals surface area contributed by atoms with Crippen molar-refractivity contribution in [3.63, 3.8) is 0 Å². The minimum atomic E-state index is -0.330. The van der Waals surface area contributed by atoms with Crippen molar-refractivity contribution in [3.05, 3.63) is 35.9 Å². The van der Waals surface area contributed by atoms with E-state index in [0.29, 0.717) is 6.54 Å². The fraction of sp³-hybridized carbons (Fsp3) is 0.696. The summed E-state index contributed by atoms with van der Waals surface area (Å²) in [5.74, 6) is 0.141. The molecule has 1 amide bonds. The molecule has 0 spiro atoms. The van der Waals surface area contributed by atoms with Gasteiger partial charge in [-0.25, -0.2) is 4.79 Å². The SMILES string of the molecule is CCNC(=O)OC1CC(C)(CC)N(OC(C)c2ccccc2)C(C)(CC)C1C. The van der Waals surface area contributed by atoms with Crippen LogP contribution in [0.5, 0.6) is 0 Å². The first-order valence-corrected chi connectivity index (χ1v) is 10.7. The topological polar surface area (TPSA) is 50.8 Å². The Labute approximate surface area is 170 Å². The van der Waals surface area contributed by atoms with Crippen LogP contribution in [0, 0.1) is 5.92 Å². The van der Waals surface area contributed by atoms with Gasteiger partial charge in [0.25, 0.3) is 0 Å². The number of benzene rings is 1. The highest BCUT2D eigenvalue weighted by atomic mass is 16.7. The smallest absolute Gasteiger partial charge is 0.407 e. The predicted molar refractivity (Wildman–Crippen MR) is 113 cm³/mol. The number of nitrogens with zero attached hydrogens (tertiary/aromatic N) is 1. The molecular formula is C23H38N2O3. The number of hydrogen-bond acceptors (Lipinski definition) is 4. The lowest BCUT2D eigenvalue weighted by Crippen LogP contribution is -2.68. The standard InChI is InChI=1S/C23H38N2O3/c1-8-22(6)16-20(27-21(26)24-10-3)17(4)23(7,9-2)25(22)28-18(5)19-14-12-11-13-15-19/h11-15,17-18,20H,8-10,16H2,1-7H3,(H,24,26). The molecule has 158 valence electrons. The van der Waals surface area contributed by atoms with E-state index in [9.17, 15) is 4.79 Å². The molecular weight excluding hydrogens is 352 g/mol. The van der Waals surface area contributed by atoms with Crippen LogP contribution in [-0.4, -0.2) is 34.9 Å². The van der Waals surface area contributed by atoms with Crippen LogP contribution in [0.25, 0.3) is 0 Å². The van der Waals surface area contributed by atoms with E-state index in [4.69, 9.17) is 9.57 Å². The number of hydrogen-bond donors (Lipinski definition) is 1. The maximum Gasteiger partial charge on any atom is 0.407 e. The average molecular weight is 391 g/mol. The molecule has 1 saturated heterocycles. The molecule has 0 aromatic heterocycles. The van der Waals surface area contributed by atoms with Crippen LogP contribution >= 0.6 is 0 Å². The van der Waals surface area contributed by atoms with Gasteiger partial charge in [-0.05, 0) is 46.1 Å². The lowest BCUT2D eigenvalue weighted by atomic mass is 9.69. The summed E-state index contributed by atoms with van der Waals surface area (Å²) < 4.78 is 5.84. The third-order valence-electron chi connectivity index (χ3n) is 6.72. The summed E-state index contributed by atoms with van der Waals surface area (Å²) in [4.78, 5) is 18.8. The minimum absolute atomic E-state index is 0.0500. The first-order valence-electron chi connectivity index (χ1n) is 10.7. The first kappa shape index (κ1) is 22.7. The van der Waals surface area contributed by atoms with E-state index in [-0.39, 0.29) is 35.3 Å². The summed E-state index contributed by atoms with van der Waals surface area (Å²) in [7, 11) is 0. The van der Waals surface area contributed by atoms with Gasteiger partial charge in [0.2, 0.25) is 0 Å². The Morgan fingerprint density at radius 2 is 1.86 bits per heavy atom. The third kappa shape index (κ3) is 4.52. The second-order valence-electron chi connectivity index (χ2n) is 8.48. The van der Waals surface area contributed by atoms with E-state index in [1.54, 1.807) is 0 Å².